The molecule has 5 rings (SSSR count). The summed E-state index contributed by atoms with van der Waals surface area (Å²) in [6.07, 6.45) is 0. The van der Waals surface area contributed by atoms with Gasteiger partial charge in [0, 0.05) is 12.1 Å². The summed E-state index contributed by atoms with van der Waals surface area (Å²) in [4.78, 5) is 4.64. The fourth-order valence-corrected chi connectivity index (χ4v) is 4.92. The Kier molecular flexibility index (Phi) is 5.21. The summed E-state index contributed by atoms with van der Waals surface area (Å²) in [5, 5.41) is 4.97. The van der Waals surface area contributed by atoms with E-state index in [0.29, 0.717) is 6.54 Å². The van der Waals surface area contributed by atoms with E-state index in [9.17, 15) is 8.42 Å². The maximum Gasteiger partial charge on any atom is 0.234 e. The van der Waals surface area contributed by atoms with Crippen molar-refractivity contribution < 1.29 is 12.8 Å². The third-order valence-electron chi connectivity index (χ3n) is 5.22. The molecular weight excluding hydrogens is 420 g/mol. The van der Waals surface area contributed by atoms with E-state index in [2.05, 4.69) is 10.3 Å². The molecule has 0 radical (unpaired) electrons. The summed E-state index contributed by atoms with van der Waals surface area (Å²) in [7, 11) is -3.88. The first kappa shape index (κ1) is 20.0. The average molecular weight is 441 g/mol. The molecule has 32 heavy (non-hydrogen) atoms. The summed E-state index contributed by atoms with van der Waals surface area (Å²) in [6.45, 7) is 0.405. The van der Waals surface area contributed by atoms with Crippen LogP contribution in [0.5, 0.6) is 0 Å². The van der Waals surface area contributed by atoms with Crippen molar-refractivity contribution in [3.8, 4) is 11.5 Å². The molecule has 0 saturated heterocycles. The predicted molar refractivity (Wildman–Crippen MR) is 125 cm³/mol. The lowest BCUT2D eigenvalue weighted by Crippen LogP contribution is -2.07. The second-order valence-corrected chi connectivity index (χ2v) is 9.20. The van der Waals surface area contributed by atoms with Gasteiger partial charge < -0.3 is 9.73 Å². The lowest BCUT2D eigenvalue weighted by Gasteiger charge is -2.06. The van der Waals surface area contributed by atoms with Crippen molar-refractivity contribution in [3.05, 3.63) is 109 Å². The largest absolute Gasteiger partial charge is 0.419 e. The zero-order valence-corrected chi connectivity index (χ0v) is 17.9. The maximum absolute atomic E-state index is 13.4. The molecular formula is C26H20N2O3S. The van der Waals surface area contributed by atoms with Crippen molar-refractivity contribution in [1.82, 2.24) is 4.98 Å². The summed E-state index contributed by atoms with van der Waals surface area (Å²) in [5.74, 6) is 0.382. The Balaban J connectivity index is 1.63. The van der Waals surface area contributed by atoms with Crippen LogP contribution in [0.2, 0.25) is 0 Å². The van der Waals surface area contributed by atoms with Crippen LogP contribution >= 0.6 is 0 Å². The van der Waals surface area contributed by atoms with Gasteiger partial charge in [-0.3, -0.25) is 0 Å². The van der Waals surface area contributed by atoms with E-state index in [-0.39, 0.29) is 21.7 Å². The third-order valence-corrected chi connectivity index (χ3v) is 6.90. The second kappa shape index (κ2) is 8.32. The molecule has 1 aromatic heterocycles. The Morgan fingerprint density at radius 1 is 0.750 bits per heavy atom. The maximum atomic E-state index is 13.4. The van der Waals surface area contributed by atoms with Gasteiger partial charge in [-0.25, -0.2) is 8.42 Å². The van der Waals surface area contributed by atoms with Crippen LogP contribution in [0, 0.1) is 0 Å². The van der Waals surface area contributed by atoms with Crippen molar-refractivity contribution in [3.63, 3.8) is 0 Å². The highest BCUT2D eigenvalue weighted by molar-refractivity contribution is 7.91. The number of hydrogen-bond donors (Lipinski definition) is 1. The Bertz CT molecular complexity index is 1470. The number of hydrogen-bond acceptors (Lipinski definition) is 5. The molecule has 1 heterocycles. The summed E-state index contributed by atoms with van der Waals surface area (Å²) in [5.41, 5.74) is 1.74. The number of aromatic nitrogens is 1. The fourth-order valence-electron chi connectivity index (χ4n) is 3.62. The molecule has 4 aromatic carbocycles. The molecule has 0 saturated carbocycles. The molecule has 5 nitrogen and oxygen atoms in total. The number of oxazole rings is 1. The number of fused-ring (bicyclic) bond motifs is 1. The van der Waals surface area contributed by atoms with E-state index >= 15 is 0 Å². The molecule has 158 valence electrons. The molecule has 0 amide bonds. The summed E-state index contributed by atoms with van der Waals surface area (Å²) < 4.78 is 32.9. The van der Waals surface area contributed by atoms with E-state index in [1.807, 2.05) is 72.8 Å². The summed E-state index contributed by atoms with van der Waals surface area (Å²) >= 11 is 0. The van der Waals surface area contributed by atoms with Crippen LogP contribution < -0.4 is 5.32 Å². The van der Waals surface area contributed by atoms with Crippen molar-refractivity contribution in [1.29, 1.82) is 0 Å². The van der Waals surface area contributed by atoms with Crippen molar-refractivity contribution in [2.24, 2.45) is 0 Å². The minimum atomic E-state index is -3.88. The van der Waals surface area contributed by atoms with Crippen LogP contribution in [0.4, 0.5) is 5.88 Å². The lowest BCUT2D eigenvalue weighted by atomic mass is 10.0. The molecule has 1 N–H and O–H groups in total. The Hall–Kier alpha value is -3.90. The summed E-state index contributed by atoms with van der Waals surface area (Å²) in [6, 6.07) is 31.6. The molecule has 0 spiro atoms. The van der Waals surface area contributed by atoms with Gasteiger partial charge in [-0.1, -0.05) is 84.9 Å². The molecule has 0 aliphatic heterocycles. The predicted octanol–water partition coefficient (Wildman–Crippen LogP) is 5.94. The van der Waals surface area contributed by atoms with Gasteiger partial charge in [0.15, 0.2) is 0 Å². The molecule has 0 aliphatic rings. The van der Waals surface area contributed by atoms with Crippen LogP contribution in [-0.2, 0) is 16.4 Å². The van der Waals surface area contributed by atoms with E-state index in [1.165, 1.54) is 0 Å². The number of rotatable bonds is 6. The molecule has 0 atom stereocenters. The first-order chi connectivity index (χ1) is 15.6. The van der Waals surface area contributed by atoms with Crippen molar-refractivity contribution in [2.45, 2.75) is 16.5 Å². The van der Waals surface area contributed by atoms with Gasteiger partial charge in [-0.05, 0) is 34.5 Å². The topological polar surface area (TPSA) is 72.2 Å². The Morgan fingerprint density at radius 3 is 2.19 bits per heavy atom. The monoisotopic (exact) mass is 440 g/mol. The SMILES string of the molecule is O=S(=O)(c1ccccc1)c1nc(-c2cccc3ccccc23)oc1NCc1ccccc1. The molecule has 0 bridgehead atoms. The third kappa shape index (κ3) is 3.76. The highest BCUT2D eigenvalue weighted by Gasteiger charge is 2.28. The van der Waals surface area contributed by atoms with Gasteiger partial charge in [0.05, 0.1) is 4.90 Å². The zero-order chi connectivity index (χ0) is 22.0. The van der Waals surface area contributed by atoms with Gasteiger partial charge in [0.2, 0.25) is 26.6 Å². The number of sulfone groups is 1. The van der Waals surface area contributed by atoms with Crippen molar-refractivity contribution in [2.75, 3.05) is 5.32 Å². The molecule has 0 unspecified atom stereocenters. The fraction of sp³-hybridized carbons (Fsp3) is 0.0385. The van der Waals surface area contributed by atoms with Crippen LogP contribution in [-0.4, -0.2) is 13.4 Å². The van der Waals surface area contributed by atoms with E-state index in [4.69, 9.17) is 4.42 Å². The van der Waals surface area contributed by atoms with Gasteiger partial charge in [0.1, 0.15) is 0 Å². The van der Waals surface area contributed by atoms with Gasteiger partial charge in [-0.2, -0.15) is 4.98 Å². The minimum absolute atomic E-state index is 0.123. The van der Waals surface area contributed by atoms with Crippen LogP contribution in [0.15, 0.2) is 117 Å². The van der Waals surface area contributed by atoms with Crippen LogP contribution in [0.1, 0.15) is 5.56 Å². The normalized spacial score (nSPS) is 11.5. The first-order valence-electron chi connectivity index (χ1n) is 10.2. The molecule has 5 aromatic rings. The number of nitrogens with zero attached hydrogens (tertiary/aromatic N) is 1. The molecule has 6 heteroatoms. The van der Waals surface area contributed by atoms with E-state index < -0.39 is 9.84 Å². The highest BCUT2D eigenvalue weighted by Crippen LogP contribution is 2.35. The second-order valence-electron chi connectivity index (χ2n) is 7.34. The van der Waals surface area contributed by atoms with Gasteiger partial charge in [0.25, 0.3) is 0 Å². The van der Waals surface area contributed by atoms with E-state index in [1.54, 1.807) is 30.3 Å². The van der Waals surface area contributed by atoms with Gasteiger partial charge in [-0.15, -0.1) is 0 Å². The molecule has 0 fully saturated rings. The zero-order valence-electron chi connectivity index (χ0n) is 17.1. The van der Waals surface area contributed by atoms with E-state index in [0.717, 1.165) is 21.9 Å². The highest BCUT2D eigenvalue weighted by atomic mass is 32.2. The Labute approximate surface area is 186 Å². The Morgan fingerprint density at radius 2 is 1.41 bits per heavy atom. The lowest BCUT2D eigenvalue weighted by molar-refractivity contribution is 0.577. The standard InChI is InChI=1S/C26H20N2O3S/c29-32(30,21-14-5-2-6-15-21)26-25(27-18-19-10-3-1-4-11-19)31-24(28-26)23-17-9-13-20-12-7-8-16-22(20)23/h1-17,27H,18H2. The number of nitrogens with one attached hydrogen (secondary N) is 1. The smallest absolute Gasteiger partial charge is 0.234 e. The average Bonchev–Trinajstić information content (AvgIpc) is 3.28. The quantitative estimate of drug-likeness (QED) is 0.354. The van der Waals surface area contributed by atoms with Crippen LogP contribution in [0.3, 0.4) is 0 Å². The first-order valence-corrected chi connectivity index (χ1v) is 11.7. The van der Waals surface area contributed by atoms with Crippen molar-refractivity contribution >= 4 is 26.5 Å². The number of benzene rings is 4. The molecule has 0 aliphatic carbocycles. The number of anilines is 1. The minimum Gasteiger partial charge on any atom is -0.419 e. The van der Waals surface area contributed by atoms with Gasteiger partial charge >= 0.3 is 0 Å². The van der Waals surface area contributed by atoms with Crippen LogP contribution in [0.25, 0.3) is 22.2 Å².